The second kappa shape index (κ2) is 9.82. The van der Waals surface area contributed by atoms with E-state index in [1.807, 2.05) is 30.3 Å². The van der Waals surface area contributed by atoms with Gasteiger partial charge in [0.15, 0.2) is 5.43 Å². The predicted molar refractivity (Wildman–Crippen MR) is 108 cm³/mol. The number of aromatic nitrogens is 1. The molecule has 1 heterocycles. The van der Waals surface area contributed by atoms with Gasteiger partial charge in [-0.05, 0) is 11.1 Å². The molecule has 150 valence electrons. The van der Waals surface area contributed by atoms with Crippen LogP contribution in [0.3, 0.4) is 0 Å². The molecule has 0 saturated carbocycles. The Hall–Kier alpha value is -3.22. The van der Waals surface area contributed by atoms with E-state index in [1.54, 1.807) is 47.3 Å². The van der Waals surface area contributed by atoms with Gasteiger partial charge in [0.2, 0.25) is 0 Å². The molecule has 0 spiro atoms. The molecule has 3 unspecified atom stereocenters. The smallest absolute Gasteiger partial charge is 0.312 e. The number of benzene rings is 2. The fraction of sp³-hybridized carbons (Fsp3) is 0.217. The average Bonchev–Trinajstić information content (AvgIpc) is 2.74. The van der Waals surface area contributed by atoms with Gasteiger partial charge in [-0.2, -0.15) is 0 Å². The molecule has 3 aromatic rings. The molecule has 3 rings (SSSR count). The molecule has 2 N–H and O–H groups in total. The van der Waals surface area contributed by atoms with Gasteiger partial charge in [-0.15, -0.1) is 0 Å². The summed E-state index contributed by atoms with van der Waals surface area (Å²) in [5.41, 5.74) is 1.27. The fourth-order valence-corrected chi connectivity index (χ4v) is 3.18. The van der Waals surface area contributed by atoms with Crippen LogP contribution in [0.2, 0.25) is 0 Å². The Morgan fingerprint density at radius 1 is 0.931 bits per heavy atom. The van der Waals surface area contributed by atoms with E-state index < -0.39 is 24.1 Å². The largest absolute Gasteiger partial charge is 0.481 e. The van der Waals surface area contributed by atoms with E-state index >= 15 is 0 Å². The zero-order valence-corrected chi connectivity index (χ0v) is 15.8. The lowest BCUT2D eigenvalue weighted by molar-refractivity contribution is -0.156. The van der Waals surface area contributed by atoms with E-state index in [9.17, 15) is 19.8 Å². The first-order valence-electron chi connectivity index (χ1n) is 9.32. The number of aliphatic hydroxyl groups excluding tert-OH is 1. The van der Waals surface area contributed by atoms with Crippen LogP contribution in [0.15, 0.2) is 90.0 Å². The molecule has 0 aliphatic rings. The molecule has 2 aromatic carbocycles. The van der Waals surface area contributed by atoms with Crippen molar-refractivity contribution in [2.24, 2.45) is 5.92 Å². The molecule has 0 amide bonds. The van der Waals surface area contributed by atoms with Crippen molar-refractivity contribution in [3.05, 3.63) is 107 Å². The molecule has 6 heteroatoms. The summed E-state index contributed by atoms with van der Waals surface area (Å²) in [6.07, 6.45) is 1.09. The average molecular weight is 393 g/mol. The molecule has 0 aliphatic carbocycles. The number of aliphatic hydroxyl groups is 1. The standard InChI is InChI=1S/C23H23NO5/c25-19-11-13-24(14-12-19)15-20(29-16-17-7-3-1-4-8-17)21(23(27)28)22(26)18-9-5-2-6-10-18/h1-14,20-22,26H,15-16H2,(H,27,28). The lowest BCUT2D eigenvalue weighted by Crippen LogP contribution is -2.38. The summed E-state index contributed by atoms with van der Waals surface area (Å²) in [5.74, 6) is -2.35. The van der Waals surface area contributed by atoms with Crippen molar-refractivity contribution in [1.29, 1.82) is 0 Å². The van der Waals surface area contributed by atoms with Crippen LogP contribution in [0.25, 0.3) is 0 Å². The lowest BCUT2D eigenvalue weighted by Gasteiger charge is -2.29. The Morgan fingerprint density at radius 3 is 2.10 bits per heavy atom. The van der Waals surface area contributed by atoms with Crippen LogP contribution in [0, 0.1) is 5.92 Å². The molecular formula is C23H23NO5. The minimum atomic E-state index is -1.24. The number of pyridine rings is 1. The quantitative estimate of drug-likeness (QED) is 0.584. The van der Waals surface area contributed by atoms with Crippen LogP contribution >= 0.6 is 0 Å². The van der Waals surface area contributed by atoms with Crippen molar-refractivity contribution < 1.29 is 19.7 Å². The van der Waals surface area contributed by atoms with Crippen molar-refractivity contribution in [2.45, 2.75) is 25.4 Å². The van der Waals surface area contributed by atoms with Crippen LogP contribution in [-0.4, -0.2) is 26.9 Å². The second-order valence-corrected chi connectivity index (χ2v) is 6.79. The van der Waals surface area contributed by atoms with Crippen molar-refractivity contribution in [1.82, 2.24) is 4.57 Å². The Bertz CT molecular complexity index is 951. The maximum Gasteiger partial charge on any atom is 0.312 e. The summed E-state index contributed by atoms with van der Waals surface area (Å²) in [6.45, 7) is 0.380. The van der Waals surface area contributed by atoms with E-state index in [1.165, 1.54) is 12.1 Å². The van der Waals surface area contributed by atoms with E-state index in [4.69, 9.17) is 4.74 Å². The number of hydrogen-bond donors (Lipinski definition) is 2. The number of carbonyl (C=O) groups is 1. The maximum atomic E-state index is 12.1. The minimum absolute atomic E-state index is 0.137. The van der Waals surface area contributed by atoms with Gasteiger partial charge in [-0.3, -0.25) is 9.59 Å². The normalized spacial score (nSPS) is 14.1. The highest BCUT2D eigenvalue weighted by molar-refractivity contribution is 5.71. The highest BCUT2D eigenvalue weighted by atomic mass is 16.5. The first-order chi connectivity index (χ1) is 14.0. The molecule has 6 nitrogen and oxygen atoms in total. The summed E-state index contributed by atoms with van der Waals surface area (Å²) in [6, 6.07) is 20.9. The van der Waals surface area contributed by atoms with Crippen LogP contribution < -0.4 is 5.43 Å². The zero-order chi connectivity index (χ0) is 20.6. The molecule has 29 heavy (non-hydrogen) atoms. The Morgan fingerprint density at radius 2 is 1.52 bits per heavy atom. The van der Waals surface area contributed by atoms with Gasteiger partial charge < -0.3 is 19.5 Å². The van der Waals surface area contributed by atoms with Crippen molar-refractivity contribution in [3.63, 3.8) is 0 Å². The highest BCUT2D eigenvalue weighted by Crippen LogP contribution is 2.28. The topological polar surface area (TPSA) is 88.8 Å². The number of aliphatic carboxylic acids is 1. The Kier molecular flexibility index (Phi) is 6.94. The summed E-state index contributed by atoms with van der Waals surface area (Å²) in [5, 5.41) is 20.7. The molecule has 3 atom stereocenters. The third kappa shape index (κ3) is 5.63. The van der Waals surface area contributed by atoms with Gasteiger partial charge in [-0.25, -0.2) is 0 Å². The maximum absolute atomic E-state index is 12.1. The minimum Gasteiger partial charge on any atom is -0.481 e. The third-order valence-electron chi connectivity index (χ3n) is 4.73. The van der Waals surface area contributed by atoms with E-state index in [0.717, 1.165) is 5.56 Å². The first kappa shape index (κ1) is 20.5. The number of rotatable bonds is 9. The van der Waals surface area contributed by atoms with Crippen molar-refractivity contribution in [3.8, 4) is 0 Å². The van der Waals surface area contributed by atoms with Crippen molar-refractivity contribution >= 4 is 5.97 Å². The predicted octanol–water partition coefficient (Wildman–Crippen LogP) is 2.87. The van der Waals surface area contributed by atoms with Gasteiger partial charge in [-0.1, -0.05) is 60.7 Å². The van der Waals surface area contributed by atoms with E-state index in [2.05, 4.69) is 0 Å². The summed E-state index contributed by atoms with van der Waals surface area (Å²) < 4.78 is 7.67. The monoisotopic (exact) mass is 393 g/mol. The van der Waals surface area contributed by atoms with Crippen LogP contribution in [-0.2, 0) is 22.7 Å². The number of carboxylic acid groups (broad SMARTS) is 1. The lowest BCUT2D eigenvalue weighted by atomic mass is 9.90. The number of carboxylic acids is 1. The number of ether oxygens (including phenoxy) is 1. The third-order valence-corrected chi connectivity index (χ3v) is 4.73. The van der Waals surface area contributed by atoms with Gasteiger partial charge in [0.05, 0.1) is 18.8 Å². The molecule has 0 aliphatic heterocycles. The molecular weight excluding hydrogens is 370 g/mol. The first-order valence-corrected chi connectivity index (χ1v) is 9.32. The molecule has 0 fully saturated rings. The molecule has 0 bridgehead atoms. The molecule has 0 saturated heterocycles. The molecule has 0 radical (unpaired) electrons. The van der Waals surface area contributed by atoms with Gasteiger partial charge in [0.25, 0.3) is 0 Å². The van der Waals surface area contributed by atoms with Crippen molar-refractivity contribution in [2.75, 3.05) is 0 Å². The van der Waals surface area contributed by atoms with Gasteiger partial charge in [0, 0.05) is 31.1 Å². The van der Waals surface area contributed by atoms with Crippen LogP contribution in [0.1, 0.15) is 17.2 Å². The summed E-state index contributed by atoms with van der Waals surface area (Å²) in [4.78, 5) is 23.5. The Balaban J connectivity index is 1.88. The SMILES string of the molecule is O=C(O)C(C(Cn1ccc(=O)cc1)OCc1ccccc1)C(O)c1ccccc1. The highest BCUT2D eigenvalue weighted by Gasteiger charge is 2.36. The fourth-order valence-electron chi connectivity index (χ4n) is 3.18. The second-order valence-electron chi connectivity index (χ2n) is 6.79. The zero-order valence-electron chi connectivity index (χ0n) is 15.8. The summed E-state index contributed by atoms with van der Waals surface area (Å²) >= 11 is 0. The van der Waals surface area contributed by atoms with Gasteiger partial charge in [0.1, 0.15) is 5.92 Å². The molecule has 1 aromatic heterocycles. The van der Waals surface area contributed by atoms with E-state index in [0.29, 0.717) is 5.56 Å². The van der Waals surface area contributed by atoms with E-state index in [-0.39, 0.29) is 18.6 Å². The number of hydrogen-bond acceptors (Lipinski definition) is 4. The number of nitrogens with zero attached hydrogens (tertiary/aromatic N) is 1. The van der Waals surface area contributed by atoms with Crippen LogP contribution in [0.4, 0.5) is 0 Å². The summed E-state index contributed by atoms with van der Waals surface area (Å²) in [7, 11) is 0. The Labute approximate surface area is 168 Å². The van der Waals surface area contributed by atoms with Gasteiger partial charge >= 0.3 is 5.97 Å². The van der Waals surface area contributed by atoms with Crippen LogP contribution in [0.5, 0.6) is 0 Å².